The van der Waals surface area contributed by atoms with E-state index >= 15 is 0 Å². The van der Waals surface area contributed by atoms with Crippen molar-refractivity contribution < 1.29 is 8.42 Å². The van der Waals surface area contributed by atoms with E-state index in [9.17, 15) is 8.42 Å². The fraction of sp³-hybridized carbons (Fsp3) is 0.538. The molecular weight excluding hydrogens is 262 g/mol. The Morgan fingerprint density at radius 3 is 2.53 bits per heavy atom. The van der Waals surface area contributed by atoms with Crippen LogP contribution in [0.1, 0.15) is 19.8 Å². The van der Waals surface area contributed by atoms with Crippen LogP contribution >= 0.6 is 0 Å². The van der Waals surface area contributed by atoms with E-state index in [0.29, 0.717) is 23.3 Å². The number of nitrogens with two attached hydrogens (primary N) is 1. The zero-order valence-corrected chi connectivity index (χ0v) is 12.4. The summed E-state index contributed by atoms with van der Waals surface area (Å²) in [6.45, 7) is 2.10. The van der Waals surface area contributed by atoms with E-state index in [2.05, 4.69) is 12.2 Å². The number of nitrogens with one attached hydrogen (secondary N) is 1. The fourth-order valence-electron chi connectivity index (χ4n) is 2.05. The average molecular weight is 283 g/mol. The molecule has 1 aliphatic rings. The van der Waals surface area contributed by atoms with Crippen molar-refractivity contribution >= 4 is 21.4 Å². The van der Waals surface area contributed by atoms with E-state index in [1.54, 1.807) is 6.07 Å². The average Bonchev–Trinajstić information content (AvgIpc) is 3.15. The van der Waals surface area contributed by atoms with Crippen molar-refractivity contribution in [2.24, 2.45) is 5.92 Å². The number of rotatable bonds is 5. The van der Waals surface area contributed by atoms with Gasteiger partial charge in [-0.05, 0) is 37.8 Å². The molecule has 5 nitrogen and oxygen atoms in total. The third-order valence-electron chi connectivity index (χ3n) is 3.54. The summed E-state index contributed by atoms with van der Waals surface area (Å²) in [5.74, 6) is 0.675. The Morgan fingerprint density at radius 1 is 1.37 bits per heavy atom. The summed E-state index contributed by atoms with van der Waals surface area (Å²) in [6, 6.07) is 5.40. The van der Waals surface area contributed by atoms with Crippen LogP contribution < -0.4 is 11.1 Å². The molecule has 0 aliphatic heterocycles. The lowest BCUT2D eigenvalue weighted by atomic mass is 10.2. The molecule has 6 heteroatoms. The number of hydrogen-bond donors (Lipinski definition) is 2. The molecular formula is C13H21N3O2S. The van der Waals surface area contributed by atoms with Crippen LogP contribution in [0.3, 0.4) is 0 Å². The van der Waals surface area contributed by atoms with E-state index in [1.165, 1.54) is 37.3 Å². The second-order valence-corrected chi connectivity index (χ2v) is 7.40. The van der Waals surface area contributed by atoms with Crippen LogP contribution in [-0.2, 0) is 10.0 Å². The Balaban J connectivity index is 2.32. The summed E-state index contributed by atoms with van der Waals surface area (Å²) in [5, 5.41) is 3.32. The number of nitrogens with zero attached hydrogens (tertiary/aromatic N) is 1. The summed E-state index contributed by atoms with van der Waals surface area (Å²) in [5.41, 5.74) is 7.00. The Kier molecular flexibility index (Phi) is 3.73. The molecule has 0 bridgehead atoms. The highest BCUT2D eigenvalue weighted by Crippen LogP contribution is 2.36. The van der Waals surface area contributed by atoms with E-state index in [0.717, 1.165) is 0 Å². The van der Waals surface area contributed by atoms with Crippen molar-refractivity contribution in [2.45, 2.75) is 30.7 Å². The zero-order chi connectivity index (χ0) is 14.2. The van der Waals surface area contributed by atoms with Crippen LogP contribution in [0.25, 0.3) is 0 Å². The third kappa shape index (κ3) is 2.84. The highest BCUT2D eigenvalue weighted by atomic mass is 32.2. The maximum Gasteiger partial charge on any atom is 0.244 e. The Bertz CT molecular complexity index is 565. The minimum atomic E-state index is -3.50. The maximum absolute atomic E-state index is 12.2. The van der Waals surface area contributed by atoms with Crippen molar-refractivity contribution in [1.29, 1.82) is 0 Å². The quantitative estimate of drug-likeness (QED) is 0.807. The van der Waals surface area contributed by atoms with Gasteiger partial charge in [0.25, 0.3) is 0 Å². The molecule has 0 spiro atoms. The molecule has 1 saturated carbocycles. The van der Waals surface area contributed by atoms with Crippen LogP contribution in [0.5, 0.6) is 0 Å². The minimum Gasteiger partial charge on any atom is -0.396 e. The molecule has 1 aromatic carbocycles. The zero-order valence-electron chi connectivity index (χ0n) is 11.6. The molecule has 1 unspecified atom stereocenters. The summed E-state index contributed by atoms with van der Waals surface area (Å²) >= 11 is 0. The highest BCUT2D eigenvalue weighted by molar-refractivity contribution is 7.89. The van der Waals surface area contributed by atoms with Gasteiger partial charge in [-0.2, -0.15) is 0 Å². The minimum absolute atomic E-state index is 0.158. The van der Waals surface area contributed by atoms with Crippen LogP contribution in [0.4, 0.5) is 11.4 Å². The highest BCUT2D eigenvalue weighted by Gasteiger charge is 2.29. The number of sulfonamides is 1. The smallest absolute Gasteiger partial charge is 0.244 e. The Morgan fingerprint density at radius 2 is 2.00 bits per heavy atom. The maximum atomic E-state index is 12.2. The number of hydrogen-bond acceptors (Lipinski definition) is 4. The molecule has 0 saturated heterocycles. The van der Waals surface area contributed by atoms with Gasteiger partial charge in [0.2, 0.25) is 10.0 Å². The second-order valence-electron chi connectivity index (χ2n) is 5.28. The van der Waals surface area contributed by atoms with Gasteiger partial charge < -0.3 is 11.1 Å². The topological polar surface area (TPSA) is 75.4 Å². The number of anilines is 2. The second kappa shape index (κ2) is 5.02. The Labute approximate surface area is 114 Å². The van der Waals surface area contributed by atoms with Crippen molar-refractivity contribution in [3.63, 3.8) is 0 Å². The molecule has 0 heterocycles. The first-order valence-corrected chi connectivity index (χ1v) is 7.85. The van der Waals surface area contributed by atoms with Crippen molar-refractivity contribution in [1.82, 2.24) is 4.31 Å². The van der Waals surface area contributed by atoms with E-state index in [1.807, 2.05) is 6.07 Å². The van der Waals surface area contributed by atoms with E-state index in [-0.39, 0.29) is 4.90 Å². The van der Waals surface area contributed by atoms with Crippen LogP contribution in [0.2, 0.25) is 0 Å². The molecule has 3 N–H and O–H groups in total. The van der Waals surface area contributed by atoms with Gasteiger partial charge in [0.1, 0.15) is 4.90 Å². The van der Waals surface area contributed by atoms with Gasteiger partial charge in [0.15, 0.2) is 0 Å². The molecule has 1 fully saturated rings. The fourth-order valence-corrected chi connectivity index (χ4v) is 3.08. The molecule has 2 rings (SSSR count). The molecule has 1 atom stereocenters. The first kappa shape index (κ1) is 14.1. The monoisotopic (exact) mass is 283 g/mol. The lowest BCUT2D eigenvalue weighted by molar-refractivity contribution is 0.521. The summed E-state index contributed by atoms with van der Waals surface area (Å²) in [4.78, 5) is 0.158. The molecule has 1 aromatic rings. The lowest BCUT2D eigenvalue weighted by Crippen LogP contribution is -2.24. The van der Waals surface area contributed by atoms with Crippen LogP contribution in [0.15, 0.2) is 23.1 Å². The molecule has 0 aromatic heterocycles. The number of nitrogen functional groups attached to an aromatic ring is 1. The molecule has 106 valence electrons. The standard InChI is InChI=1S/C13H21N3O2S/c1-9(10-7-8-10)15-11-5-4-6-12(13(11)14)19(17,18)16(2)3/h4-6,9-10,15H,7-8,14H2,1-3H3. The van der Waals surface area contributed by atoms with Crippen molar-refractivity contribution in [3.05, 3.63) is 18.2 Å². The molecule has 0 radical (unpaired) electrons. The van der Waals surface area contributed by atoms with Crippen LogP contribution in [-0.4, -0.2) is 32.9 Å². The third-order valence-corrected chi connectivity index (χ3v) is 5.41. The van der Waals surface area contributed by atoms with Gasteiger partial charge in [-0.25, -0.2) is 12.7 Å². The predicted molar refractivity (Wildman–Crippen MR) is 77.5 cm³/mol. The largest absolute Gasteiger partial charge is 0.396 e. The summed E-state index contributed by atoms with van der Waals surface area (Å²) < 4.78 is 25.5. The van der Waals surface area contributed by atoms with E-state index < -0.39 is 10.0 Å². The first-order valence-electron chi connectivity index (χ1n) is 6.41. The Hall–Kier alpha value is -1.27. The van der Waals surface area contributed by atoms with Gasteiger partial charge >= 0.3 is 0 Å². The van der Waals surface area contributed by atoms with Crippen molar-refractivity contribution in [2.75, 3.05) is 25.1 Å². The molecule has 19 heavy (non-hydrogen) atoms. The number of benzene rings is 1. The molecule has 1 aliphatic carbocycles. The molecule has 0 amide bonds. The van der Waals surface area contributed by atoms with Gasteiger partial charge in [0.05, 0.1) is 11.4 Å². The van der Waals surface area contributed by atoms with Crippen LogP contribution in [0, 0.1) is 5.92 Å². The normalized spacial score (nSPS) is 17.5. The van der Waals surface area contributed by atoms with E-state index in [4.69, 9.17) is 5.73 Å². The lowest BCUT2D eigenvalue weighted by Gasteiger charge is -2.19. The van der Waals surface area contributed by atoms with Gasteiger partial charge in [-0.15, -0.1) is 0 Å². The summed E-state index contributed by atoms with van der Waals surface area (Å²) in [7, 11) is -0.499. The first-order chi connectivity index (χ1) is 8.84. The van der Waals surface area contributed by atoms with Gasteiger partial charge in [-0.1, -0.05) is 6.07 Å². The predicted octanol–water partition coefficient (Wildman–Crippen LogP) is 1.73. The van der Waals surface area contributed by atoms with Gasteiger partial charge in [0, 0.05) is 20.1 Å². The number of para-hydroxylation sites is 1. The summed E-state index contributed by atoms with van der Waals surface area (Å²) in [6.07, 6.45) is 2.45. The SMILES string of the molecule is CC(Nc1cccc(S(=O)(=O)N(C)C)c1N)C1CC1. The van der Waals surface area contributed by atoms with Crippen molar-refractivity contribution in [3.8, 4) is 0 Å². The van der Waals surface area contributed by atoms with Gasteiger partial charge in [-0.3, -0.25) is 0 Å².